The second-order valence-corrected chi connectivity index (χ2v) is 5.10. The fraction of sp³-hybridized carbons (Fsp3) is 0.917. The van der Waals surface area contributed by atoms with Gasteiger partial charge in [-0.3, -0.25) is 9.69 Å². The first-order valence-corrected chi connectivity index (χ1v) is 6.36. The number of rotatable bonds is 2. The molecule has 2 N–H and O–H groups in total. The summed E-state index contributed by atoms with van der Waals surface area (Å²) >= 11 is 0. The lowest BCUT2D eigenvalue weighted by Crippen LogP contribution is -2.46. The summed E-state index contributed by atoms with van der Waals surface area (Å²) in [6.45, 7) is 3.48. The van der Waals surface area contributed by atoms with Crippen molar-refractivity contribution in [3.63, 3.8) is 0 Å². The molecule has 4 heteroatoms. The van der Waals surface area contributed by atoms with Crippen molar-refractivity contribution in [2.45, 2.75) is 57.2 Å². The van der Waals surface area contributed by atoms with Gasteiger partial charge in [0.25, 0.3) is 0 Å². The maximum atomic E-state index is 11.0. The highest BCUT2D eigenvalue weighted by Gasteiger charge is 2.33. The van der Waals surface area contributed by atoms with E-state index in [0.717, 1.165) is 38.8 Å². The van der Waals surface area contributed by atoms with Crippen molar-refractivity contribution in [2.24, 2.45) is 0 Å². The van der Waals surface area contributed by atoms with Crippen molar-refractivity contribution in [1.29, 1.82) is 0 Å². The Kier molecular flexibility index (Phi) is 3.82. The van der Waals surface area contributed by atoms with Gasteiger partial charge in [-0.2, -0.15) is 0 Å². The molecule has 1 saturated carbocycles. The highest BCUT2D eigenvalue weighted by Crippen LogP contribution is 2.26. The Labute approximate surface area is 97.0 Å². The average Bonchev–Trinajstić information content (AvgIpc) is 2.66. The molecule has 0 aromatic carbocycles. The highest BCUT2D eigenvalue weighted by atomic mass is 16.3. The number of nitrogens with zero attached hydrogens (tertiary/aromatic N) is 1. The summed E-state index contributed by atoms with van der Waals surface area (Å²) in [6.07, 6.45) is 5.27. The second-order valence-electron chi connectivity index (χ2n) is 5.10. The monoisotopic (exact) mass is 226 g/mol. The molecule has 2 rings (SSSR count). The molecule has 3 atom stereocenters. The minimum atomic E-state index is -0.162. The first kappa shape index (κ1) is 11.9. The lowest BCUT2D eigenvalue weighted by molar-refractivity contribution is -0.119. The summed E-state index contributed by atoms with van der Waals surface area (Å²) in [5.41, 5.74) is 0. The van der Waals surface area contributed by atoms with Crippen LogP contribution in [0.5, 0.6) is 0 Å². The molecule has 2 aliphatic rings. The zero-order valence-electron chi connectivity index (χ0n) is 9.98. The van der Waals surface area contributed by atoms with Gasteiger partial charge in [-0.25, -0.2) is 0 Å². The first-order valence-electron chi connectivity index (χ1n) is 6.36. The normalized spacial score (nSPS) is 36.2. The molecule has 16 heavy (non-hydrogen) atoms. The quantitative estimate of drug-likeness (QED) is 0.721. The summed E-state index contributed by atoms with van der Waals surface area (Å²) in [4.78, 5) is 13.3. The van der Waals surface area contributed by atoms with Crippen molar-refractivity contribution in [1.82, 2.24) is 10.2 Å². The van der Waals surface area contributed by atoms with E-state index in [0.29, 0.717) is 6.04 Å². The Hall–Kier alpha value is -0.610. The average molecular weight is 226 g/mol. The molecule has 1 heterocycles. The van der Waals surface area contributed by atoms with Crippen LogP contribution in [0.4, 0.5) is 0 Å². The molecular formula is C12H22N2O2. The number of likely N-dealkylation sites (tertiary alicyclic amines) is 1. The Morgan fingerprint density at radius 1 is 1.31 bits per heavy atom. The number of amides is 1. The third-order valence-electron chi connectivity index (χ3n) is 3.79. The predicted octanol–water partition coefficient (Wildman–Crippen LogP) is 0.500. The van der Waals surface area contributed by atoms with Gasteiger partial charge in [-0.05, 0) is 19.3 Å². The van der Waals surface area contributed by atoms with E-state index in [1.54, 1.807) is 6.92 Å². The van der Waals surface area contributed by atoms with Crippen LogP contribution in [-0.4, -0.2) is 47.2 Å². The fourth-order valence-electron chi connectivity index (χ4n) is 3.01. The number of carbonyl (C=O) groups excluding carboxylic acids is 1. The summed E-state index contributed by atoms with van der Waals surface area (Å²) < 4.78 is 0. The Morgan fingerprint density at radius 2 is 2.06 bits per heavy atom. The zero-order chi connectivity index (χ0) is 11.5. The van der Waals surface area contributed by atoms with E-state index in [4.69, 9.17) is 0 Å². The van der Waals surface area contributed by atoms with Gasteiger partial charge >= 0.3 is 0 Å². The molecule has 92 valence electrons. The molecule has 2 fully saturated rings. The molecule has 0 bridgehead atoms. The summed E-state index contributed by atoms with van der Waals surface area (Å²) in [6, 6.07) is 0.610. The van der Waals surface area contributed by atoms with Crippen molar-refractivity contribution in [3.8, 4) is 0 Å². The number of hydrogen-bond donors (Lipinski definition) is 2. The van der Waals surface area contributed by atoms with Gasteiger partial charge in [0.05, 0.1) is 6.10 Å². The summed E-state index contributed by atoms with van der Waals surface area (Å²) in [5, 5.41) is 12.9. The lowest BCUT2D eigenvalue weighted by Gasteiger charge is -2.35. The predicted molar refractivity (Wildman–Crippen MR) is 62.1 cm³/mol. The SMILES string of the molecule is CC(=O)NC1CCN([C@@H]2CCCC[C@H]2O)C1. The van der Waals surface area contributed by atoms with Gasteiger partial charge in [-0.1, -0.05) is 12.8 Å². The van der Waals surface area contributed by atoms with E-state index in [1.807, 2.05) is 0 Å². The van der Waals surface area contributed by atoms with Gasteiger partial charge in [0.1, 0.15) is 0 Å². The van der Waals surface area contributed by atoms with Gasteiger partial charge in [0.2, 0.25) is 5.91 Å². The van der Waals surface area contributed by atoms with Crippen LogP contribution in [0.25, 0.3) is 0 Å². The maximum Gasteiger partial charge on any atom is 0.217 e. The fourth-order valence-corrected chi connectivity index (χ4v) is 3.01. The molecule has 0 radical (unpaired) electrons. The Balaban J connectivity index is 1.85. The third kappa shape index (κ3) is 2.74. The number of hydrogen-bond acceptors (Lipinski definition) is 3. The molecule has 1 amide bonds. The molecule has 1 unspecified atom stereocenters. The summed E-state index contributed by atoms with van der Waals surface area (Å²) in [5.74, 6) is 0.0519. The maximum absolute atomic E-state index is 11.0. The van der Waals surface area contributed by atoms with E-state index < -0.39 is 0 Å². The molecule has 1 aliphatic carbocycles. The number of aliphatic hydroxyl groups excluding tert-OH is 1. The molecule has 0 aromatic heterocycles. The number of carbonyl (C=O) groups is 1. The topological polar surface area (TPSA) is 52.6 Å². The molecule has 4 nitrogen and oxygen atoms in total. The van der Waals surface area contributed by atoms with E-state index in [-0.39, 0.29) is 18.1 Å². The second kappa shape index (κ2) is 5.15. The van der Waals surface area contributed by atoms with Crippen LogP contribution < -0.4 is 5.32 Å². The van der Waals surface area contributed by atoms with Crippen LogP contribution >= 0.6 is 0 Å². The van der Waals surface area contributed by atoms with E-state index >= 15 is 0 Å². The van der Waals surface area contributed by atoms with Crippen LogP contribution in [0.15, 0.2) is 0 Å². The Bertz CT molecular complexity index is 257. The van der Waals surface area contributed by atoms with Gasteiger partial charge < -0.3 is 10.4 Å². The van der Waals surface area contributed by atoms with Gasteiger partial charge in [0, 0.05) is 32.1 Å². The number of aliphatic hydroxyl groups is 1. The smallest absolute Gasteiger partial charge is 0.217 e. The zero-order valence-corrected chi connectivity index (χ0v) is 9.98. The highest BCUT2D eigenvalue weighted by molar-refractivity contribution is 5.73. The van der Waals surface area contributed by atoms with Crippen molar-refractivity contribution in [2.75, 3.05) is 13.1 Å². The number of nitrogens with one attached hydrogen (secondary N) is 1. The standard InChI is InChI=1S/C12H22N2O2/c1-9(15)13-10-6-7-14(8-10)11-4-2-3-5-12(11)16/h10-12,16H,2-8H2,1H3,(H,13,15)/t10?,11-,12-/m1/s1. The summed E-state index contributed by atoms with van der Waals surface area (Å²) in [7, 11) is 0. The van der Waals surface area contributed by atoms with Crippen LogP contribution in [-0.2, 0) is 4.79 Å². The van der Waals surface area contributed by atoms with Crippen molar-refractivity contribution < 1.29 is 9.90 Å². The lowest BCUT2D eigenvalue weighted by atomic mass is 9.91. The van der Waals surface area contributed by atoms with Gasteiger partial charge in [0.15, 0.2) is 0 Å². The van der Waals surface area contributed by atoms with Gasteiger partial charge in [-0.15, -0.1) is 0 Å². The van der Waals surface area contributed by atoms with E-state index in [1.165, 1.54) is 6.42 Å². The van der Waals surface area contributed by atoms with Crippen LogP contribution in [0.2, 0.25) is 0 Å². The Morgan fingerprint density at radius 3 is 2.75 bits per heavy atom. The van der Waals surface area contributed by atoms with E-state index in [2.05, 4.69) is 10.2 Å². The molecule has 0 spiro atoms. The van der Waals surface area contributed by atoms with Crippen molar-refractivity contribution in [3.05, 3.63) is 0 Å². The first-order chi connectivity index (χ1) is 7.66. The molecule has 0 aromatic rings. The van der Waals surface area contributed by atoms with Crippen LogP contribution in [0.3, 0.4) is 0 Å². The third-order valence-corrected chi connectivity index (χ3v) is 3.79. The van der Waals surface area contributed by atoms with Crippen molar-refractivity contribution >= 4 is 5.91 Å². The molecule has 1 saturated heterocycles. The van der Waals surface area contributed by atoms with Crippen LogP contribution in [0, 0.1) is 0 Å². The molecular weight excluding hydrogens is 204 g/mol. The largest absolute Gasteiger partial charge is 0.391 e. The minimum absolute atomic E-state index is 0.0519. The van der Waals surface area contributed by atoms with Crippen LogP contribution in [0.1, 0.15) is 39.0 Å². The molecule has 1 aliphatic heterocycles. The van der Waals surface area contributed by atoms with E-state index in [9.17, 15) is 9.90 Å². The minimum Gasteiger partial charge on any atom is -0.391 e.